The van der Waals surface area contributed by atoms with Crippen LogP contribution in [0.3, 0.4) is 0 Å². The molecule has 1 aromatic carbocycles. The molecule has 2 amide bonds. The van der Waals surface area contributed by atoms with E-state index in [1.54, 1.807) is 4.90 Å². The van der Waals surface area contributed by atoms with Gasteiger partial charge in [-0.15, -0.1) is 11.3 Å². The van der Waals surface area contributed by atoms with Crippen molar-refractivity contribution in [3.05, 3.63) is 46.0 Å². The van der Waals surface area contributed by atoms with Crippen LogP contribution in [0.4, 0.5) is 5.13 Å². The van der Waals surface area contributed by atoms with Crippen LogP contribution in [0.15, 0.2) is 24.3 Å². The Balaban J connectivity index is 2.08. The Hall–Kier alpha value is -2.21. The SMILES string of the molecule is CCc1ccc(C(=O)N(CC(=O)Nc2nc(C)c(C)s2)C(C)C)cc1. The van der Waals surface area contributed by atoms with Crippen molar-refractivity contribution in [1.82, 2.24) is 9.88 Å². The van der Waals surface area contributed by atoms with Crippen LogP contribution >= 0.6 is 11.3 Å². The number of nitrogens with one attached hydrogen (secondary N) is 1. The molecular formula is C19H25N3O2S. The molecule has 2 rings (SSSR count). The summed E-state index contributed by atoms with van der Waals surface area (Å²) in [5.74, 6) is -0.375. The lowest BCUT2D eigenvalue weighted by molar-refractivity contribution is -0.117. The van der Waals surface area contributed by atoms with Crippen LogP contribution in [-0.4, -0.2) is 34.3 Å². The molecule has 1 heterocycles. The number of amides is 2. The lowest BCUT2D eigenvalue weighted by atomic mass is 10.1. The predicted octanol–water partition coefficient (Wildman–Crippen LogP) is 3.81. The van der Waals surface area contributed by atoms with Gasteiger partial charge < -0.3 is 10.2 Å². The summed E-state index contributed by atoms with van der Waals surface area (Å²) >= 11 is 1.44. The normalized spacial score (nSPS) is 10.8. The molecule has 1 N–H and O–H groups in total. The third-order valence-corrected chi connectivity index (χ3v) is 5.07. The first-order valence-electron chi connectivity index (χ1n) is 8.45. The second kappa shape index (κ2) is 8.25. The van der Waals surface area contributed by atoms with Gasteiger partial charge in [-0.25, -0.2) is 4.98 Å². The van der Waals surface area contributed by atoms with Crippen LogP contribution in [0.25, 0.3) is 0 Å². The quantitative estimate of drug-likeness (QED) is 0.853. The zero-order chi connectivity index (χ0) is 18.6. The molecule has 2 aromatic rings. The average molecular weight is 359 g/mol. The standard InChI is InChI=1S/C19H25N3O2S/c1-6-15-7-9-16(10-8-15)18(24)22(12(2)3)11-17(23)21-19-20-13(4)14(5)25-19/h7-10,12H,6,11H2,1-5H3,(H,20,21,23). The van der Waals surface area contributed by atoms with Crippen LogP contribution in [0.1, 0.15) is 47.3 Å². The number of benzene rings is 1. The molecular weight excluding hydrogens is 334 g/mol. The fourth-order valence-electron chi connectivity index (χ4n) is 2.38. The van der Waals surface area contributed by atoms with Crippen molar-refractivity contribution in [3.8, 4) is 0 Å². The number of hydrogen-bond donors (Lipinski definition) is 1. The van der Waals surface area contributed by atoms with Crippen LogP contribution in [0, 0.1) is 13.8 Å². The van der Waals surface area contributed by atoms with E-state index in [0.717, 1.165) is 17.0 Å². The largest absolute Gasteiger partial charge is 0.327 e. The zero-order valence-corrected chi connectivity index (χ0v) is 16.2. The van der Waals surface area contributed by atoms with Gasteiger partial charge in [-0.3, -0.25) is 9.59 Å². The topological polar surface area (TPSA) is 62.3 Å². The number of rotatable bonds is 6. The summed E-state index contributed by atoms with van der Waals surface area (Å²) in [7, 11) is 0. The van der Waals surface area contributed by atoms with E-state index < -0.39 is 0 Å². The van der Waals surface area contributed by atoms with E-state index in [0.29, 0.717) is 10.7 Å². The zero-order valence-electron chi connectivity index (χ0n) is 15.4. The number of carbonyl (C=O) groups excluding carboxylic acids is 2. The molecule has 0 saturated carbocycles. The number of nitrogens with zero attached hydrogens (tertiary/aromatic N) is 2. The highest BCUT2D eigenvalue weighted by atomic mass is 32.1. The van der Waals surface area contributed by atoms with E-state index in [1.807, 2.05) is 52.0 Å². The van der Waals surface area contributed by atoms with Crippen molar-refractivity contribution >= 4 is 28.3 Å². The highest BCUT2D eigenvalue weighted by Crippen LogP contribution is 2.21. The summed E-state index contributed by atoms with van der Waals surface area (Å²) < 4.78 is 0. The van der Waals surface area contributed by atoms with Gasteiger partial charge in [0.05, 0.1) is 5.69 Å². The Morgan fingerprint density at radius 2 is 1.84 bits per heavy atom. The first kappa shape index (κ1) is 19.1. The molecule has 0 fully saturated rings. The molecule has 1 aromatic heterocycles. The molecule has 0 radical (unpaired) electrons. The minimum atomic E-state index is -0.235. The Kier molecular flexibility index (Phi) is 6.31. The predicted molar refractivity (Wildman–Crippen MR) is 102 cm³/mol. The summed E-state index contributed by atoms with van der Waals surface area (Å²) in [6, 6.07) is 7.47. The molecule has 0 unspecified atom stereocenters. The highest BCUT2D eigenvalue weighted by molar-refractivity contribution is 7.15. The fourth-order valence-corrected chi connectivity index (χ4v) is 3.21. The average Bonchev–Trinajstić information content (AvgIpc) is 2.89. The third kappa shape index (κ3) is 4.89. The van der Waals surface area contributed by atoms with Gasteiger partial charge in [0.25, 0.3) is 5.91 Å². The Bertz CT molecular complexity index is 731. The van der Waals surface area contributed by atoms with E-state index in [2.05, 4.69) is 17.2 Å². The highest BCUT2D eigenvalue weighted by Gasteiger charge is 2.22. The maximum absolute atomic E-state index is 12.8. The molecule has 0 atom stereocenters. The van der Waals surface area contributed by atoms with Gasteiger partial charge in [-0.05, 0) is 51.8 Å². The van der Waals surface area contributed by atoms with Gasteiger partial charge in [0, 0.05) is 16.5 Å². The number of aryl methyl sites for hydroxylation is 3. The van der Waals surface area contributed by atoms with Gasteiger partial charge in [0.1, 0.15) is 6.54 Å². The van der Waals surface area contributed by atoms with Gasteiger partial charge in [-0.2, -0.15) is 0 Å². The molecule has 134 valence electrons. The van der Waals surface area contributed by atoms with E-state index >= 15 is 0 Å². The van der Waals surface area contributed by atoms with Gasteiger partial charge in [0.15, 0.2) is 5.13 Å². The Labute approximate surface area is 153 Å². The molecule has 0 bridgehead atoms. The summed E-state index contributed by atoms with van der Waals surface area (Å²) in [6.07, 6.45) is 0.928. The summed E-state index contributed by atoms with van der Waals surface area (Å²) in [5, 5.41) is 3.36. The van der Waals surface area contributed by atoms with Crippen molar-refractivity contribution in [3.63, 3.8) is 0 Å². The number of carbonyl (C=O) groups is 2. The number of hydrogen-bond acceptors (Lipinski definition) is 4. The van der Waals surface area contributed by atoms with Crippen molar-refractivity contribution in [1.29, 1.82) is 0 Å². The van der Waals surface area contributed by atoms with Crippen molar-refractivity contribution in [2.24, 2.45) is 0 Å². The van der Waals surface area contributed by atoms with Gasteiger partial charge in [0.2, 0.25) is 5.91 Å². The van der Waals surface area contributed by atoms with Crippen molar-refractivity contribution < 1.29 is 9.59 Å². The summed E-state index contributed by atoms with van der Waals surface area (Å²) in [5.41, 5.74) is 2.69. The van der Waals surface area contributed by atoms with Crippen molar-refractivity contribution in [2.75, 3.05) is 11.9 Å². The van der Waals surface area contributed by atoms with Crippen LogP contribution in [-0.2, 0) is 11.2 Å². The smallest absolute Gasteiger partial charge is 0.254 e. The molecule has 0 aliphatic carbocycles. The van der Waals surface area contributed by atoms with Crippen LogP contribution in [0.5, 0.6) is 0 Å². The number of anilines is 1. The van der Waals surface area contributed by atoms with E-state index in [9.17, 15) is 9.59 Å². The number of aromatic nitrogens is 1. The van der Waals surface area contributed by atoms with E-state index in [-0.39, 0.29) is 24.4 Å². The maximum Gasteiger partial charge on any atom is 0.254 e. The molecule has 25 heavy (non-hydrogen) atoms. The minimum absolute atomic E-state index is 0.00368. The van der Waals surface area contributed by atoms with Crippen LogP contribution in [0.2, 0.25) is 0 Å². The number of thiazole rings is 1. The monoisotopic (exact) mass is 359 g/mol. The molecule has 0 aliphatic heterocycles. The van der Waals surface area contributed by atoms with Crippen LogP contribution < -0.4 is 5.32 Å². The molecule has 0 spiro atoms. The summed E-state index contributed by atoms with van der Waals surface area (Å²) in [4.78, 5) is 32.1. The Morgan fingerprint density at radius 1 is 1.20 bits per heavy atom. The van der Waals surface area contributed by atoms with Gasteiger partial charge in [-0.1, -0.05) is 19.1 Å². The minimum Gasteiger partial charge on any atom is -0.327 e. The lowest BCUT2D eigenvalue weighted by Crippen LogP contribution is -2.42. The second-order valence-electron chi connectivity index (χ2n) is 6.29. The molecule has 6 heteroatoms. The maximum atomic E-state index is 12.8. The van der Waals surface area contributed by atoms with E-state index in [4.69, 9.17) is 0 Å². The summed E-state index contributed by atoms with van der Waals surface area (Å²) in [6.45, 7) is 9.76. The molecule has 0 aliphatic rings. The molecule has 0 saturated heterocycles. The van der Waals surface area contributed by atoms with E-state index in [1.165, 1.54) is 16.9 Å². The lowest BCUT2D eigenvalue weighted by Gasteiger charge is -2.26. The second-order valence-corrected chi connectivity index (χ2v) is 7.49. The fraction of sp³-hybridized carbons (Fsp3) is 0.421. The first-order valence-corrected chi connectivity index (χ1v) is 9.27. The molecule has 5 nitrogen and oxygen atoms in total. The van der Waals surface area contributed by atoms with Gasteiger partial charge >= 0.3 is 0 Å². The Morgan fingerprint density at radius 3 is 2.32 bits per heavy atom. The first-order chi connectivity index (χ1) is 11.8. The van der Waals surface area contributed by atoms with Crippen molar-refractivity contribution in [2.45, 2.75) is 47.1 Å². The third-order valence-electron chi connectivity index (χ3n) is 4.08.